The second-order valence-electron chi connectivity index (χ2n) is 7.58. The molecule has 0 atom stereocenters. The Balaban J connectivity index is 1.23. The summed E-state index contributed by atoms with van der Waals surface area (Å²) in [5.41, 5.74) is 1.56. The highest BCUT2D eigenvalue weighted by Gasteiger charge is 2.32. The lowest BCUT2D eigenvalue weighted by Crippen LogP contribution is -2.27. The highest BCUT2D eigenvalue weighted by atomic mass is 32.2. The molecule has 1 fully saturated rings. The van der Waals surface area contributed by atoms with Gasteiger partial charge in [-0.2, -0.15) is 0 Å². The Hall–Kier alpha value is -3.67. The van der Waals surface area contributed by atoms with Crippen molar-refractivity contribution in [3.63, 3.8) is 0 Å². The van der Waals surface area contributed by atoms with Crippen molar-refractivity contribution in [3.05, 3.63) is 77.1 Å². The molecule has 2 aromatic heterocycles. The smallest absolute Gasteiger partial charge is 0.266 e. The van der Waals surface area contributed by atoms with Crippen molar-refractivity contribution in [3.8, 4) is 11.5 Å². The zero-order valence-electron chi connectivity index (χ0n) is 18.9. The zero-order chi connectivity index (χ0) is 25.1. The van der Waals surface area contributed by atoms with E-state index in [0.29, 0.717) is 31.6 Å². The van der Waals surface area contributed by atoms with Crippen molar-refractivity contribution in [2.24, 2.45) is 0 Å². The minimum Gasteiger partial charge on any atom is -0.493 e. The van der Waals surface area contributed by atoms with Gasteiger partial charge < -0.3 is 13.9 Å². The number of aromatic nitrogens is 1. The lowest BCUT2D eigenvalue weighted by Gasteiger charge is -2.12. The molecule has 8 nitrogen and oxygen atoms in total. The first-order valence-electron chi connectivity index (χ1n) is 10.7. The Morgan fingerprint density at radius 3 is 2.83 bits per heavy atom. The van der Waals surface area contributed by atoms with Gasteiger partial charge in [-0.1, -0.05) is 53.5 Å². The van der Waals surface area contributed by atoms with E-state index >= 15 is 0 Å². The summed E-state index contributed by atoms with van der Waals surface area (Å²) in [7, 11) is 1.51. The van der Waals surface area contributed by atoms with Gasteiger partial charge in [0, 0.05) is 0 Å². The first kappa shape index (κ1) is 24.0. The first-order valence-corrected chi connectivity index (χ1v) is 12.8. The van der Waals surface area contributed by atoms with Crippen LogP contribution in [0, 0.1) is 0 Å². The Bertz CT molecular complexity index is 1450. The number of thioether (sulfide) groups is 1. The Morgan fingerprint density at radius 2 is 2.06 bits per heavy atom. The lowest BCUT2D eigenvalue weighted by atomic mass is 10.2. The molecule has 4 aromatic rings. The van der Waals surface area contributed by atoms with Gasteiger partial charge in [-0.05, 0) is 48.0 Å². The van der Waals surface area contributed by atoms with Crippen LogP contribution < -0.4 is 14.8 Å². The Kier molecular flexibility index (Phi) is 7.03. The summed E-state index contributed by atoms with van der Waals surface area (Å²) in [4.78, 5) is 31.6. The topological polar surface area (TPSA) is 93.9 Å². The van der Waals surface area contributed by atoms with Crippen LogP contribution in [0.2, 0.25) is 0 Å². The summed E-state index contributed by atoms with van der Waals surface area (Å²) in [6.45, 7) is 0.0707. The van der Waals surface area contributed by atoms with Crippen molar-refractivity contribution in [1.29, 1.82) is 0 Å². The van der Waals surface area contributed by atoms with Gasteiger partial charge >= 0.3 is 0 Å². The molecule has 0 saturated carbocycles. The third kappa shape index (κ3) is 5.27. The molecule has 0 aliphatic carbocycles. The third-order valence-electron chi connectivity index (χ3n) is 5.15. The Morgan fingerprint density at radius 1 is 1.19 bits per heavy atom. The van der Waals surface area contributed by atoms with E-state index in [-0.39, 0.29) is 25.0 Å². The highest BCUT2D eigenvalue weighted by Crippen LogP contribution is 2.35. The van der Waals surface area contributed by atoms with E-state index in [1.807, 2.05) is 24.3 Å². The number of methoxy groups -OCH3 is 1. The fourth-order valence-corrected chi connectivity index (χ4v) is 5.60. The molecule has 36 heavy (non-hydrogen) atoms. The number of hydrogen-bond acceptors (Lipinski definition) is 9. The number of ether oxygens (including phenoxy) is 2. The molecule has 1 aliphatic rings. The van der Waals surface area contributed by atoms with Gasteiger partial charge in [0.15, 0.2) is 23.2 Å². The van der Waals surface area contributed by atoms with Gasteiger partial charge in [0.05, 0.1) is 35.0 Å². The van der Waals surface area contributed by atoms with E-state index in [1.54, 1.807) is 42.7 Å². The van der Waals surface area contributed by atoms with Crippen molar-refractivity contribution in [2.75, 3.05) is 19.0 Å². The maximum absolute atomic E-state index is 12.9. The molecule has 2 amide bonds. The monoisotopic (exact) mass is 537 g/mol. The predicted molar refractivity (Wildman–Crippen MR) is 144 cm³/mol. The van der Waals surface area contributed by atoms with Crippen molar-refractivity contribution >= 4 is 72.9 Å². The van der Waals surface area contributed by atoms with E-state index in [9.17, 15) is 9.59 Å². The molecule has 0 radical (unpaired) electrons. The number of para-hydroxylation sites is 1. The molecule has 3 heterocycles. The molecular formula is C25H19N3O5S3. The molecule has 0 bridgehead atoms. The van der Waals surface area contributed by atoms with E-state index in [4.69, 9.17) is 26.1 Å². The van der Waals surface area contributed by atoms with E-state index in [2.05, 4.69) is 10.3 Å². The SMILES string of the molecule is COc1cc(/C=C2\SC(=S)N(Cc3ccco3)C2=O)ccc1OCC(=O)Nc1nc2ccccc2s1. The van der Waals surface area contributed by atoms with E-state index in [1.165, 1.54) is 35.1 Å². The number of nitrogens with one attached hydrogen (secondary N) is 1. The minimum atomic E-state index is -0.333. The van der Waals surface area contributed by atoms with Crippen molar-refractivity contribution in [1.82, 2.24) is 9.88 Å². The molecule has 1 aliphatic heterocycles. The van der Waals surface area contributed by atoms with Crippen LogP contribution in [0.25, 0.3) is 16.3 Å². The summed E-state index contributed by atoms with van der Waals surface area (Å²) in [6.07, 6.45) is 3.30. The molecule has 2 aromatic carbocycles. The average molecular weight is 538 g/mol. The molecule has 182 valence electrons. The Labute approximate surface area is 219 Å². The van der Waals surface area contributed by atoms with Gasteiger partial charge in [0.1, 0.15) is 10.1 Å². The zero-order valence-corrected chi connectivity index (χ0v) is 21.4. The second kappa shape index (κ2) is 10.5. The predicted octanol–water partition coefficient (Wildman–Crippen LogP) is 5.32. The summed E-state index contributed by atoms with van der Waals surface area (Å²) < 4.78 is 17.9. The number of anilines is 1. The summed E-state index contributed by atoms with van der Waals surface area (Å²) in [5, 5.41) is 3.27. The molecular weight excluding hydrogens is 518 g/mol. The van der Waals surface area contributed by atoms with Gasteiger partial charge in [-0.15, -0.1) is 0 Å². The number of hydrogen-bond donors (Lipinski definition) is 1. The number of carbonyl (C=O) groups is 2. The molecule has 0 spiro atoms. The van der Waals surface area contributed by atoms with Gasteiger partial charge in [-0.3, -0.25) is 19.8 Å². The minimum absolute atomic E-state index is 0.188. The van der Waals surface area contributed by atoms with Crippen LogP contribution in [0.5, 0.6) is 11.5 Å². The van der Waals surface area contributed by atoms with Crippen LogP contribution >= 0.6 is 35.3 Å². The van der Waals surface area contributed by atoms with Crippen LogP contribution in [0.4, 0.5) is 5.13 Å². The average Bonchev–Trinajstić information content (AvgIpc) is 3.59. The van der Waals surface area contributed by atoms with Crippen LogP contribution in [-0.4, -0.2) is 39.7 Å². The van der Waals surface area contributed by atoms with E-state index < -0.39 is 0 Å². The van der Waals surface area contributed by atoms with E-state index in [0.717, 1.165) is 15.8 Å². The molecule has 5 rings (SSSR count). The van der Waals surface area contributed by atoms with Crippen molar-refractivity contribution in [2.45, 2.75) is 6.54 Å². The quantitative estimate of drug-likeness (QED) is 0.239. The molecule has 11 heteroatoms. The van der Waals surface area contributed by atoms with Crippen LogP contribution in [0.15, 0.2) is 70.2 Å². The summed E-state index contributed by atoms with van der Waals surface area (Å²) in [5.74, 6) is 0.970. The molecule has 1 saturated heterocycles. The standard InChI is InChI=1S/C25H19N3O5S3/c1-31-19-11-15(12-21-23(30)28(25(34)36-21)13-16-5-4-10-32-16)8-9-18(19)33-14-22(29)27-24-26-17-6-2-3-7-20(17)35-24/h2-12H,13-14H2,1H3,(H,26,27,29)/b21-12-. The van der Waals surface area contributed by atoms with Gasteiger partial charge in [0.2, 0.25) is 0 Å². The second-order valence-corrected chi connectivity index (χ2v) is 10.3. The fraction of sp³-hybridized carbons (Fsp3) is 0.120. The number of furan rings is 1. The number of fused-ring (bicyclic) bond motifs is 1. The number of benzene rings is 2. The molecule has 0 unspecified atom stereocenters. The van der Waals surface area contributed by atoms with Gasteiger partial charge in [0.25, 0.3) is 11.8 Å². The first-order chi connectivity index (χ1) is 17.5. The lowest BCUT2D eigenvalue weighted by molar-refractivity contribution is -0.122. The fourth-order valence-electron chi connectivity index (χ4n) is 3.46. The number of rotatable bonds is 8. The van der Waals surface area contributed by atoms with Crippen LogP contribution in [-0.2, 0) is 16.1 Å². The molecule has 1 N–H and O–H groups in total. The van der Waals surface area contributed by atoms with Gasteiger partial charge in [-0.25, -0.2) is 4.98 Å². The third-order valence-corrected chi connectivity index (χ3v) is 7.48. The number of thiocarbonyl (C=S) groups is 1. The van der Waals surface area contributed by atoms with Crippen LogP contribution in [0.1, 0.15) is 11.3 Å². The normalized spacial score (nSPS) is 14.6. The number of carbonyl (C=O) groups excluding carboxylic acids is 2. The highest BCUT2D eigenvalue weighted by molar-refractivity contribution is 8.26. The van der Waals surface area contributed by atoms with Crippen molar-refractivity contribution < 1.29 is 23.5 Å². The van der Waals surface area contributed by atoms with Crippen LogP contribution in [0.3, 0.4) is 0 Å². The maximum Gasteiger partial charge on any atom is 0.266 e. The summed E-state index contributed by atoms with van der Waals surface area (Å²) in [6, 6.07) is 16.4. The largest absolute Gasteiger partial charge is 0.493 e. The maximum atomic E-state index is 12.9. The number of thiazole rings is 1. The summed E-state index contributed by atoms with van der Waals surface area (Å²) >= 11 is 8.00. The number of nitrogens with zero attached hydrogens (tertiary/aromatic N) is 2. The number of amides is 2.